The predicted octanol–water partition coefficient (Wildman–Crippen LogP) is 4.42. The van der Waals surface area contributed by atoms with Crippen LogP contribution in [-0.2, 0) is 20.5 Å². The monoisotopic (exact) mass is 455 g/mol. The number of rotatable bonds is 7. The first-order chi connectivity index (χ1) is 14.2. The second kappa shape index (κ2) is 9.09. The second-order valence-corrected chi connectivity index (χ2v) is 7.99. The minimum atomic E-state index is -4.73. The van der Waals surface area contributed by atoms with Gasteiger partial charge in [0.05, 0.1) is 17.9 Å². The molecule has 2 heterocycles. The Labute approximate surface area is 177 Å². The molecule has 1 aromatic carbocycles. The summed E-state index contributed by atoms with van der Waals surface area (Å²) in [5.41, 5.74) is 0.772. The first-order valence-corrected chi connectivity index (χ1v) is 10.7. The van der Waals surface area contributed by atoms with E-state index < -0.39 is 29.7 Å². The molecule has 2 aromatic heterocycles. The first kappa shape index (κ1) is 22.2. The molecule has 0 N–H and O–H groups in total. The topological polar surface area (TPSA) is 82.0 Å². The number of halogens is 3. The molecular weight excluding hydrogens is 439 g/mol. The van der Waals surface area contributed by atoms with E-state index in [1.807, 2.05) is 0 Å². The van der Waals surface area contributed by atoms with E-state index in [0.29, 0.717) is 16.1 Å². The molecule has 0 radical (unpaired) electrons. The quantitative estimate of drug-likeness (QED) is 0.226. The Balaban J connectivity index is 1.90. The lowest BCUT2D eigenvalue weighted by molar-refractivity contribution is -0.147. The van der Waals surface area contributed by atoms with Crippen LogP contribution in [0.25, 0.3) is 10.9 Å². The van der Waals surface area contributed by atoms with Crippen molar-refractivity contribution >= 4 is 45.8 Å². The molecule has 0 fully saturated rings. The van der Waals surface area contributed by atoms with Crippen LogP contribution in [0.3, 0.4) is 0 Å². The van der Waals surface area contributed by atoms with Gasteiger partial charge in [0, 0.05) is 16.5 Å². The standard InChI is InChI=1S/C19H16F3N3O3S2/c1-3-28-17(27)14(16-23-10(2)8-29-16)13(26)9-30-15-11-6-4-5-7-12(11)24-18(25-15)19(20,21)22/h4-8,14H,3,9H2,1-2H3. The number of aromatic nitrogens is 3. The molecule has 30 heavy (non-hydrogen) atoms. The summed E-state index contributed by atoms with van der Waals surface area (Å²) in [6.07, 6.45) is -4.73. The molecule has 0 spiro atoms. The smallest absolute Gasteiger partial charge is 0.451 e. The molecule has 0 aliphatic heterocycles. The summed E-state index contributed by atoms with van der Waals surface area (Å²) >= 11 is 1.98. The maximum Gasteiger partial charge on any atom is 0.451 e. The molecule has 3 rings (SSSR count). The number of Topliss-reactive ketones (excluding diaryl/α,β-unsaturated/α-hetero) is 1. The zero-order chi connectivity index (χ0) is 21.9. The van der Waals surface area contributed by atoms with Crippen LogP contribution in [-0.4, -0.2) is 39.1 Å². The van der Waals surface area contributed by atoms with E-state index in [1.165, 1.54) is 6.07 Å². The summed E-state index contributed by atoms with van der Waals surface area (Å²) in [5, 5.41) is 2.40. The Morgan fingerprint density at radius 1 is 1.20 bits per heavy atom. The zero-order valence-electron chi connectivity index (χ0n) is 15.9. The molecule has 11 heteroatoms. The molecule has 6 nitrogen and oxygen atoms in total. The SMILES string of the molecule is CCOC(=O)C(C(=O)CSc1nc(C(F)(F)F)nc2ccccc12)c1nc(C)cs1. The Morgan fingerprint density at radius 2 is 1.93 bits per heavy atom. The number of carbonyl (C=O) groups excluding carboxylic acids is 2. The zero-order valence-corrected chi connectivity index (χ0v) is 17.5. The van der Waals surface area contributed by atoms with Crippen LogP contribution in [0.15, 0.2) is 34.7 Å². The average molecular weight is 455 g/mol. The van der Waals surface area contributed by atoms with Gasteiger partial charge in [-0.3, -0.25) is 9.59 Å². The largest absolute Gasteiger partial charge is 0.465 e. The van der Waals surface area contributed by atoms with E-state index in [9.17, 15) is 22.8 Å². The highest BCUT2D eigenvalue weighted by atomic mass is 32.2. The van der Waals surface area contributed by atoms with Gasteiger partial charge in [-0.2, -0.15) is 13.2 Å². The van der Waals surface area contributed by atoms with Crippen LogP contribution in [0, 0.1) is 6.92 Å². The molecule has 0 aliphatic carbocycles. The number of ketones is 1. The summed E-state index contributed by atoms with van der Waals surface area (Å²) in [4.78, 5) is 36.5. The van der Waals surface area contributed by atoms with Crippen molar-refractivity contribution in [3.8, 4) is 0 Å². The van der Waals surface area contributed by atoms with Crippen molar-refractivity contribution in [3.63, 3.8) is 0 Å². The summed E-state index contributed by atoms with van der Waals surface area (Å²) in [6, 6.07) is 6.23. The van der Waals surface area contributed by atoms with Crippen molar-refractivity contribution in [2.75, 3.05) is 12.4 Å². The third-order valence-corrected chi connectivity index (χ3v) is 5.94. The molecule has 1 unspecified atom stereocenters. The number of thioether (sulfide) groups is 1. The molecule has 1 atom stereocenters. The van der Waals surface area contributed by atoms with Crippen LogP contribution in [0.2, 0.25) is 0 Å². The highest BCUT2D eigenvalue weighted by Crippen LogP contribution is 2.33. The van der Waals surface area contributed by atoms with Crippen molar-refractivity contribution in [2.45, 2.75) is 31.0 Å². The maximum atomic E-state index is 13.2. The van der Waals surface area contributed by atoms with Gasteiger partial charge in [-0.25, -0.2) is 15.0 Å². The minimum absolute atomic E-state index is 0.0132. The number of thiazole rings is 1. The number of esters is 1. The van der Waals surface area contributed by atoms with Crippen LogP contribution >= 0.6 is 23.1 Å². The van der Waals surface area contributed by atoms with Crippen LogP contribution in [0.4, 0.5) is 13.2 Å². The Kier molecular flexibility index (Phi) is 6.71. The first-order valence-electron chi connectivity index (χ1n) is 8.78. The lowest BCUT2D eigenvalue weighted by Crippen LogP contribution is -2.25. The Morgan fingerprint density at radius 3 is 2.57 bits per heavy atom. The molecule has 0 aliphatic rings. The molecular formula is C19H16F3N3O3S2. The van der Waals surface area contributed by atoms with E-state index in [0.717, 1.165) is 23.1 Å². The van der Waals surface area contributed by atoms with E-state index in [-0.39, 0.29) is 22.9 Å². The fourth-order valence-electron chi connectivity index (χ4n) is 2.61. The number of para-hydroxylation sites is 1. The molecule has 0 bridgehead atoms. The summed E-state index contributed by atoms with van der Waals surface area (Å²) in [6.45, 7) is 3.44. The van der Waals surface area contributed by atoms with Crippen molar-refractivity contribution in [1.29, 1.82) is 0 Å². The van der Waals surface area contributed by atoms with Crippen molar-refractivity contribution < 1.29 is 27.5 Å². The number of hydrogen-bond acceptors (Lipinski definition) is 8. The van der Waals surface area contributed by atoms with E-state index in [4.69, 9.17) is 4.74 Å². The molecule has 0 saturated carbocycles. The molecule has 0 amide bonds. The van der Waals surface area contributed by atoms with E-state index >= 15 is 0 Å². The van der Waals surface area contributed by atoms with Crippen molar-refractivity contribution in [3.05, 3.63) is 46.2 Å². The van der Waals surface area contributed by atoms with Crippen LogP contribution < -0.4 is 0 Å². The summed E-state index contributed by atoms with van der Waals surface area (Å²) in [5.74, 6) is -4.05. The number of nitrogens with zero attached hydrogens (tertiary/aromatic N) is 3. The van der Waals surface area contributed by atoms with Gasteiger partial charge in [-0.15, -0.1) is 11.3 Å². The fraction of sp³-hybridized carbons (Fsp3) is 0.316. The second-order valence-electron chi connectivity index (χ2n) is 6.13. The average Bonchev–Trinajstić information content (AvgIpc) is 3.11. The molecule has 158 valence electrons. The summed E-state index contributed by atoms with van der Waals surface area (Å²) < 4.78 is 44.5. The lowest BCUT2D eigenvalue weighted by Gasteiger charge is -2.13. The summed E-state index contributed by atoms with van der Waals surface area (Å²) in [7, 11) is 0. The van der Waals surface area contributed by atoms with E-state index in [1.54, 1.807) is 37.4 Å². The Hall–Kier alpha value is -2.53. The number of fused-ring (bicyclic) bond motifs is 1. The molecule has 3 aromatic rings. The van der Waals surface area contributed by atoms with Crippen molar-refractivity contribution in [2.24, 2.45) is 0 Å². The van der Waals surface area contributed by atoms with Crippen LogP contribution in [0.1, 0.15) is 29.4 Å². The van der Waals surface area contributed by atoms with Crippen LogP contribution in [0.5, 0.6) is 0 Å². The van der Waals surface area contributed by atoms with Gasteiger partial charge in [-0.1, -0.05) is 30.0 Å². The lowest BCUT2D eigenvalue weighted by atomic mass is 10.1. The predicted molar refractivity (Wildman–Crippen MR) is 106 cm³/mol. The van der Waals surface area contributed by atoms with Gasteiger partial charge in [0.25, 0.3) is 0 Å². The highest BCUT2D eigenvalue weighted by Gasteiger charge is 2.36. The van der Waals surface area contributed by atoms with Gasteiger partial charge < -0.3 is 4.74 Å². The molecule has 0 saturated heterocycles. The fourth-order valence-corrected chi connectivity index (χ4v) is 4.44. The third kappa shape index (κ3) is 4.96. The van der Waals surface area contributed by atoms with Gasteiger partial charge in [0.15, 0.2) is 11.7 Å². The number of hydrogen-bond donors (Lipinski definition) is 0. The van der Waals surface area contributed by atoms with Gasteiger partial charge >= 0.3 is 12.1 Å². The number of aryl methyl sites for hydroxylation is 1. The number of alkyl halides is 3. The number of ether oxygens (including phenoxy) is 1. The third-order valence-electron chi connectivity index (χ3n) is 3.90. The van der Waals surface area contributed by atoms with Gasteiger partial charge in [0.2, 0.25) is 5.82 Å². The minimum Gasteiger partial charge on any atom is -0.465 e. The van der Waals surface area contributed by atoms with Gasteiger partial charge in [-0.05, 0) is 19.9 Å². The van der Waals surface area contributed by atoms with E-state index in [2.05, 4.69) is 15.0 Å². The number of carbonyl (C=O) groups is 2. The number of benzene rings is 1. The van der Waals surface area contributed by atoms with Crippen molar-refractivity contribution in [1.82, 2.24) is 15.0 Å². The van der Waals surface area contributed by atoms with Gasteiger partial charge in [0.1, 0.15) is 10.0 Å². The maximum absolute atomic E-state index is 13.2. The normalized spacial score (nSPS) is 12.7. The Bertz CT molecular complexity index is 1090. The highest BCUT2D eigenvalue weighted by molar-refractivity contribution is 8.00.